The number of nitrogens with one attached hydrogen (secondary N) is 2. The lowest BCUT2D eigenvalue weighted by Gasteiger charge is -2.11. The van der Waals surface area contributed by atoms with Crippen molar-refractivity contribution < 1.29 is 19.1 Å². The Kier molecular flexibility index (Phi) is 9.99. The van der Waals surface area contributed by atoms with E-state index in [0.29, 0.717) is 30.1 Å². The van der Waals surface area contributed by atoms with Gasteiger partial charge in [0.25, 0.3) is 11.8 Å². The van der Waals surface area contributed by atoms with Gasteiger partial charge >= 0.3 is 5.97 Å². The molecule has 0 aliphatic heterocycles. The van der Waals surface area contributed by atoms with Crippen LogP contribution in [0.25, 0.3) is 6.08 Å². The van der Waals surface area contributed by atoms with Crippen molar-refractivity contribution in [1.29, 1.82) is 0 Å². The number of ether oxygens (including phenoxy) is 1. The average molecular weight is 732 g/mol. The van der Waals surface area contributed by atoms with Crippen LogP contribution in [-0.2, 0) is 4.79 Å². The van der Waals surface area contributed by atoms with Gasteiger partial charge in [-0.15, -0.1) is 11.3 Å². The van der Waals surface area contributed by atoms with E-state index in [4.69, 9.17) is 4.74 Å². The number of hydrogen-bond donors (Lipinski definition) is 2. The number of carbonyl (C=O) groups is 3. The Morgan fingerprint density at radius 3 is 2.33 bits per heavy atom. The summed E-state index contributed by atoms with van der Waals surface area (Å²) in [6, 6.07) is 22.5. The quantitative estimate of drug-likeness (QED) is 0.0660. The van der Waals surface area contributed by atoms with E-state index in [1.165, 1.54) is 17.6 Å². The van der Waals surface area contributed by atoms with Crippen molar-refractivity contribution in [3.8, 4) is 5.75 Å². The minimum absolute atomic E-state index is 0.0134. The molecule has 0 unspecified atom stereocenters. The number of hydrogen-bond acceptors (Lipinski definition) is 6. The van der Waals surface area contributed by atoms with E-state index in [2.05, 4.69) is 63.6 Å². The predicted octanol–water partition coefficient (Wildman–Crippen LogP) is 7.18. The first-order valence-electron chi connectivity index (χ1n) is 11.2. The number of amides is 2. The molecule has 7 nitrogen and oxygen atoms in total. The van der Waals surface area contributed by atoms with Crippen molar-refractivity contribution in [2.45, 2.75) is 0 Å². The Balaban J connectivity index is 1.55. The SMILES string of the molecule is O=C(N/N=C/c1cc(Br)cc(Br)c1OC(=O)c1ccccc1Br)/C(=C\c1cccs1)NC(=O)c1ccccc1. The molecular weight excluding hydrogens is 714 g/mol. The van der Waals surface area contributed by atoms with E-state index in [1.54, 1.807) is 72.8 Å². The predicted molar refractivity (Wildman–Crippen MR) is 163 cm³/mol. The van der Waals surface area contributed by atoms with Crippen molar-refractivity contribution in [3.63, 3.8) is 0 Å². The lowest BCUT2D eigenvalue weighted by atomic mass is 10.2. The number of thiophene rings is 1. The van der Waals surface area contributed by atoms with Gasteiger partial charge < -0.3 is 10.1 Å². The molecular formula is C28H18Br3N3O4S. The van der Waals surface area contributed by atoms with Gasteiger partial charge in [0.05, 0.1) is 16.3 Å². The van der Waals surface area contributed by atoms with Gasteiger partial charge in [0.2, 0.25) is 0 Å². The van der Waals surface area contributed by atoms with Crippen LogP contribution in [0.4, 0.5) is 0 Å². The van der Waals surface area contributed by atoms with E-state index in [1.807, 2.05) is 17.5 Å². The number of esters is 1. The maximum Gasteiger partial charge on any atom is 0.344 e. The standard InChI is InChI=1S/C28H18Br3N3O4S/c29-19-13-18(25(23(31)14-19)38-28(37)21-10-4-5-11-22(21)30)16-32-34-27(36)24(15-20-9-6-12-39-20)33-26(35)17-7-2-1-3-8-17/h1-16H,(H,33,35)(H,34,36)/b24-15+,32-16+. The molecule has 0 aliphatic rings. The summed E-state index contributed by atoms with van der Waals surface area (Å²) in [6.45, 7) is 0. The molecule has 2 N–H and O–H groups in total. The van der Waals surface area contributed by atoms with Gasteiger partial charge in [0.15, 0.2) is 5.75 Å². The maximum absolute atomic E-state index is 13.0. The topological polar surface area (TPSA) is 96.9 Å². The molecule has 0 radical (unpaired) electrons. The Morgan fingerprint density at radius 2 is 1.62 bits per heavy atom. The highest BCUT2D eigenvalue weighted by Crippen LogP contribution is 2.33. The van der Waals surface area contributed by atoms with Crippen molar-refractivity contribution in [1.82, 2.24) is 10.7 Å². The highest BCUT2D eigenvalue weighted by molar-refractivity contribution is 9.11. The molecule has 196 valence electrons. The molecule has 0 atom stereocenters. The second kappa shape index (κ2) is 13.6. The van der Waals surface area contributed by atoms with Gasteiger partial charge in [-0.25, -0.2) is 10.2 Å². The lowest BCUT2D eigenvalue weighted by molar-refractivity contribution is -0.117. The largest absolute Gasteiger partial charge is 0.421 e. The molecule has 0 bridgehead atoms. The van der Waals surface area contributed by atoms with E-state index >= 15 is 0 Å². The molecule has 0 saturated heterocycles. The molecule has 4 rings (SSSR count). The number of benzene rings is 3. The third kappa shape index (κ3) is 7.82. The fraction of sp³-hybridized carbons (Fsp3) is 0. The smallest absolute Gasteiger partial charge is 0.344 e. The number of carbonyl (C=O) groups excluding carboxylic acids is 3. The van der Waals surface area contributed by atoms with Crippen molar-refractivity contribution in [2.24, 2.45) is 5.10 Å². The summed E-state index contributed by atoms with van der Waals surface area (Å²) in [5, 5.41) is 8.57. The highest BCUT2D eigenvalue weighted by atomic mass is 79.9. The zero-order valence-corrected chi connectivity index (χ0v) is 25.4. The molecule has 1 heterocycles. The molecule has 11 heteroatoms. The fourth-order valence-electron chi connectivity index (χ4n) is 3.24. The number of rotatable bonds is 8. The summed E-state index contributed by atoms with van der Waals surface area (Å²) in [7, 11) is 0. The van der Waals surface area contributed by atoms with Gasteiger partial charge in [0, 0.05) is 24.9 Å². The number of hydrazone groups is 1. The van der Waals surface area contributed by atoms with Crippen molar-refractivity contribution in [3.05, 3.63) is 125 Å². The average Bonchev–Trinajstić information content (AvgIpc) is 3.44. The minimum atomic E-state index is -0.634. The Labute approximate surface area is 253 Å². The summed E-state index contributed by atoms with van der Waals surface area (Å²) in [5.74, 6) is -1.43. The second-order valence-corrected chi connectivity index (χ2v) is 11.4. The van der Waals surface area contributed by atoms with Crippen molar-refractivity contribution in [2.75, 3.05) is 0 Å². The van der Waals surface area contributed by atoms with Gasteiger partial charge in [-0.3, -0.25) is 9.59 Å². The van der Waals surface area contributed by atoms with Crippen LogP contribution in [0.5, 0.6) is 5.75 Å². The monoisotopic (exact) mass is 729 g/mol. The summed E-state index contributed by atoms with van der Waals surface area (Å²) >= 11 is 11.6. The van der Waals surface area contributed by atoms with Crippen LogP contribution in [0.2, 0.25) is 0 Å². The van der Waals surface area contributed by atoms with Crippen molar-refractivity contribution >= 4 is 89.2 Å². The van der Waals surface area contributed by atoms with E-state index in [0.717, 1.165) is 4.88 Å². The number of nitrogens with zero attached hydrogens (tertiary/aromatic N) is 1. The van der Waals surface area contributed by atoms with Crippen LogP contribution >= 0.6 is 59.1 Å². The third-order valence-electron chi connectivity index (χ3n) is 5.05. The zero-order chi connectivity index (χ0) is 27.8. The van der Waals surface area contributed by atoms with Crippen LogP contribution in [0.15, 0.2) is 108 Å². The first-order chi connectivity index (χ1) is 18.8. The van der Waals surface area contributed by atoms with Crippen LogP contribution < -0.4 is 15.5 Å². The lowest BCUT2D eigenvalue weighted by Crippen LogP contribution is -2.32. The van der Waals surface area contributed by atoms with Crippen LogP contribution in [-0.4, -0.2) is 24.0 Å². The van der Waals surface area contributed by atoms with E-state index in [-0.39, 0.29) is 11.4 Å². The molecule has 2 amide bonds. The van der Waals surface area contributed by atoms with Crippen LogP contribution in [0.3, 0.4) is 0 Å². The van der Waals surface area contributed by atoms with Gasteiger partial charge in [-0.1, -0.05) is 52.3 Å². The third-order valence-corrected chi connectivity index (χ3v) is 7.61. The first-order valence-corrected chi connectivity index (χ1v) is 14.5. The Bertz CT molecular complexity index is 1570. The van der Waals surface area contributed by atoms with Gasteiger partial charge in [0.1, 0.15) is 5.70 Å². The molecule has 0 saturated carbocycles. The Hall–Kier alpha value is -3.38. The highest BCUT2D eigenvalue weighted by Gasteiger charge is 2.18. The zero-order valence-electron chi connectivity index (χ0n) is 19.9. The molecule has 0 fully saturated rings. The summed E-state index contributed by atoms with van der Waals surface area (Å²) in [4.78, 5) is 39.3. The van der Waals surface area contributed by atoms with Crippen LogP contribution in [0, 0.1) is 0 Å². The fourth-order valence-corrected chi connectivity index (χ4v) is 5.68. The molecule has 4 aromatic rings. The Morgan fingerprint density at radius 1 is 0.872 bits per heavy atom. The number of halogens is 3. The normalized spacial score (nSPS) is 11.3. The second-order valence-electron chi connectivity index (χ2n) is 7.77. The van der Waals surface area contributed by atoms with Crippen LogP contribution in [0.1, 0.15) is 31.2 Å². The maximum atomic E-state index is 13.0. The van der Waals surface area contributed by atoms with E-state index in [9.17, 15) is 14.4 Å². The molecule has 0 aliphatic carbocycles. The first kappa shape index (κ1) is 28.6. The minimum Gasteiger partial charge on any atom is -0.421 e. The molecule has 0 spiro atoms. The van der Waals surface area contributed by atoms with Gasteiger partial charge in [-0.2, -0.15) is 5.10 Å². The summed E-state index contributed by atoms with van der Waals surface area (Å²) in [6.07, 6.45) is 2.91. The van der Waals surface area contributed by atoms with E-state index < -0.39 is 17.8 Å². The molecule has 1 aromatic heterocycles. The summed E-state index contributed by atoms with van der Waals surface area (Å²) in [5.41, 5.74) is 3.61. The summed E-state index contributed by atoms with van der Waals surface area (Å²) < 4.78 is 7.45. The molecule has 39 heavy (non-hydrogen) atoms. The molecule has 3 aromatic carbocycles. The van der Waals surface area contributed by atoms with Gasteiger partial charge in [-0.05, 0) is 85.8 Å².